The summed E-state index contributed by atoms with van der Waals surface area (Å²) in [6.45, 7) is 2.52. The van der Waals surface area contributed by atoms with E-state index in [1.54, 1.807) is 0 Å². The maximum Gasteiger partial charge on any atom is 0.303 e. The first kappa shape index (κ1) is 24.4. The number of nitrogens with one attached hydrogen (secondary N) is 1. The summed E-state index contributed by atoms with van der Waals surface area (Å²) in [4.78, 5) is 13.3. The molecule has 1 heterocycles. The average Bonchev–Trinajstić information content (AvgIpc) is 3.16. The molecule has 1 aliphatic heterocycles. The Morgan fingerprint density at radius 1 is 0.919 bits per heavy atom. The Labute approximate surface area is 219 Å². The fourth-order valence-electron chi connectivity index (χ4n) is 4.82. The van der Waals surface area contributed by atoms with Crippen molar-refractivity contribution < 1.29 is 9.90 Å². The quantitative estimate of drug-likeness (QED) is 0.341. The van der Waals surface area contributed by atoms with Crippen LogP contribution in [0.4, 0.5) is 11.4 Å². The third-order valence-electron chi connectivity index (χ3n) is 6.83. The number of fused-ring (bicyclic) bond motifs is 1. The Bertz CT molecular complexity index is 1360. The summed E-state index contributed by atoms with van der Waals surface area (Å²) in [5, 5.41) is 12.3. The minimum atomic E-state index is -0.765. The molecular weight excluding hydrogens is 456 g/mol. The van der Waals surface area contributed by atoms with Gasteiger partial charge >= 0.3 is 5.97 Å². The van der Waals surface area contributed by atoms with Crippen LogP contribution >= 0.6 is 0 Å². The summed E-state index contributed by atoms with van der Waals surface area (Å²) >= 11 is 0. The molecule has 5 rings (SSSR count). The van der Waals surface area contributed by atoms with Gasteiger partial charge in [0, 0.05) is 37.4 Å². The third kappa shape index (κ3) is 6.47. The Hall–Kier alpha value is -4.31. The Kier molecular flexibility index (Phi) is 7.66. The standard InChI is InChI=1S/C33H32N2O2/c36-33(37)20-17-25-15-18-31(19-16-25)34-22-26-7-6-8-27(14-13-26)23-35-24-30(28-9-2-1-3-10-28)21-29-11-4-5-12-32(29)35/h1-7,9-16,18-19,21,34H,8,17,20,22-24H2,(H,36,37). The van der Waals surface area contributed by atoms with Crippen LogP contribution in [0.25, 0.3) is 11.6 Å². The van der Waals surface area contributed by atoms with Crippen molar-refractivity contribution in [2.75, 3.05) is 29.9 Å². The highest BCUT2D eigenvalue weighted by Gasteiger charge is 2.19. The second-order valence-corrected chi connectivity index (χ2v) is 9.57. The lowest BCUT2D eigenvalue weighted by molar-refractivity contribution is -0.136. The molecule has 0 fully saturated rings. The van der Waals surface area contributed by atoms with Gasteiger partial charge in [0.25, 0.3) is 0 Å². The highest BCUT2D eigenvalue weighted by Crippen LogP contribution is 2.33. The summed E-state index contributed by atoms with van der Waals surface area (Å²) in [6.07, 6.45) is 12.9. The molecule has 0 bridgehead atoms. The fourth-order valence-corrected chi connectivity index (χ4v) is 4.82. The molecule has 3 aromatic rings. The van der Waals surface area contributed by atoms with Crippen molar-refractivity contribution in [3.05, 3.63) is 131 Å². The van der Waals surface area contributed by atoms with Crippen LogP contribution in [0.2, 0.25) is 0 Å². The van der Waals surface area contributed by atoms with Crippen LogP contribution in [0.3, 0.4) is 0 Å². The number of aliphatic carboxylic acids is 1. The van der Waals surface area contributed by atoms with Gasteiger partial charge in [-0.05, 0) is 70.5 Å². The van der Waals surface area contributed by atoms with Gasteiger partial charge in [0.15, 0.2) is 0 Å². The molecule has 0 aromatic heterocycles. The summed E-state index contributed by atoms with van der Waals surface area (Å²) in [7, 11) is 0. The first-order valence-electron chi connectivity index (χ1n) is 12.8. The zero-order chi connectivity index (χ0) is 25.5. The van der Waals surface area contributed by atoms with Crippen LogP contribution in [0.5, 0.6) is 0 Å². The molecule has 4 heteroatoms. The molecule has 0 saturated heterocycles. The van der Waals surface area contributed by atoms with E-state index in [9.17, 15) is 4.79 Å². The van der Waals surface area contributed by atoms with Gasteiger partial charge in [0.1, 0.15) is 0 Å². The molecule has 2 N–H and O–H groups in total. The number of para-hydroxylation sites is 1. The van der Waals surface area contributed by atoms with Crippen molar-refractivity contribution in [2.45, 2.75) is 19.3 Å². The molecular formula is C33H32N2O2. The number of carbonyl (C=O) groups is 1. The van der Waals surface area contributed by atoms with Crippen molar-refractivity contribution in [3.63, 3.8) is 0 Å². The van der Waals surface area contributed by atoms with Gasteiger partial charge < -0.3 is 15.3 Å². The number of benzene rings is 3. The zero-order valence-corrected chi connectivity index (χ0v) is 20.9. The minimum Gasteiger partial charge on any atom is -0.481 e. The molecule has 4 nitrogen and oxygen atoms in total. The highest BCUT2D eigenvalue weighted by atomic mass is 16.4. The monoisotopic (exact) mass is 488 g/mol. The van der Waals surface area contributed by atoms with Crippen LogP contribution in [0.1, 0.15) is 29.5 Å². The van der Waals surface area contributed by atoms with Gasteiger partial charge in [0.2, 0.25) is 0 Å². The highest BCUT2D eigenvalue weighted by molar-refractivity contribution is 5.91. The van der Waals surface area contributed by atoms with Crippen molar-refractivity contribution in [1.29, 1.82) is 0 Å². The first-order chi connectivity index (χ1) is 18.1. The number of carboxylic acids is 1. The van der Waals surface area contributed by atoms with Gasteiger partial charge in [-0.15, -0.1) is 0 Å². The number of anilines is 2. The van der Waals surface area contributed by atoms with E-state index in [1.807, 2.05) is 24.3 Å². The number of aryl methyl sites for hydroxylation is 1. The molecule has 0 radical (unpaired) electrons. The van der Waals surface area contributed by atoms with Gasteiger partial charge in [-0.2, -0.15) is 0 Å². The van der Waals surface area contributed by atoms with Crippen LogP contribution in [-0.2, 0) is 11.2 Å². The van der Waals surface area contributed by atoms with Gasteiger partial charge in [-0.1, -0.05) is 85.0 Å². The number of hydrogen-bond donors (Lipinski definition) is 2. The van der Waals surface area contributed by atoms with Crippen LogP contribution < -0.4 is 10.2 Å². The lowest BCUT2D eigenvalue weighted by Gasteiger charge is -2.32. The molecule has 1 aliphatic carbocycles. The number of hydrogen-bond acceptors (Lipinski definition) is 3. The van der Waals surface area contributed by atoms with Crippen LogP contribution in [0.15, 0.2) is 114 Å². The fraction of sp³-hybridized carbons (Fsp3) is 0.182. The van der Waals surface area contributed by atoms with Crippen LogP contribution in [0, 0.1) is 0 Å². The van der Waals surface area contributed by atoms with Crippen molar-refractivity contribution >= 4 is 29.0 Å². The topological polar surface area (TPSA) is 52.6 Å². The number of carboxylic acid groups (broad SMARTS) is 1. The number of allylic oxidation sites excluding steroid dienone is 3. The molecule has 0 spiro atoms. The second kappa shape index (κ2) is 11.6. The Balaban J connectivity index is 1.24. The number of rotatable bonds is 9. The predicted octanol–water partition coefficient (Wildman–Crippen LogP) is 6.99. The average molecular weight is 489 g/mol. The molecule has 0 atom stereocenters. The van der Waals surface area contributed by atoms with E-state index in [4.69, 9.17) is 5.11 Å². The van der Waals surface area contributed by atoms with Crippen LogP contribution in [-0.4, -0.2) is 30.7 Å². The van der Waals surface area contributed by atoms with E-state index < -0.39 is 5.97 Å². The zero-order valence-electron chi connectivity index (χ0n) is 20.9. The molecule has 37 heavy (non-hydrogen) atoms. The molecule has 0 saturated carbocycles. The van der Waals surface area contributed by atoms with E-state index in [1.165, 1.54) is 33.5 Å². The molecule has 3 aromatic carbocycles. The SMILES string of the molecule is O=C(O)CCc1ccc(NCC2=CC=C(CN3CC(c4ccccc4)=Cc4ccccc43)CC=C2)cc1. The minimum absolute atomic E-state index is 0.159. The first-order valence-corrected chi connectivity index (χ1v) is 12.8. The van der Waals surface area contributed by atoms with E-state index in [-0.39, 0.29) is 6.42 Å². The molecule has 0 amide bonds. The maximum atomic E-state index is 10.8. The predicted molar refractivity (Wildman–Crippen MR) is 154 cm³/mol. The second-order valence-electron chi connectivity index (χ2n) is 9.57. The van der Waals surface area contributed by atoms with Gasteiger partial charge in [-0.25, -0.2) is 0 Å². The summed E-state index contributed by atoms with van der Waals surface area (Å²) in [6, 6.07) is 27.3. The summed E-state index contributed by atoms with van der Waals surface area (Å²) in [5.74, 6) is -0.765. The largest absolute Gasteiger partial charge is 0.481 e. The Morgan fingerprint density at radius 3 is 2.51 bits per heavy atom. The summed E-state index contributed by atoms with van der Waals surface area (Å²) < 4.78 is 0. The lowest BCUT2D eigenvalue weighted by atomic mass is 9.96. The van der Waals surface area contributed by atoms with Gasteiger partial charge in [-0.3, -0.25) is 4.79 Å². The number of nitrogens with zero attached hydrogens (tertiary/aromatic N) is 1. The van der Waals surface area contributed by atoms with E-state index in [0.717, 1.165) is 37.3 Å². The molecule has 186 valence electrons. The van der Waals surface area contributed by atoms with Crippen molar-refractivity contribution in [2.24, 2.45) is 0 Å². The third-order valence-corrected chi connectivity index (χ3v) is 6.83. The maximum absolute atomic E-state index is 10.8. The van der Waals surface area contributed by atoms with Crippen molar-refractivity contribution in [3.8, 4) is 0 Å². The van der Waals surface area contributed by atoms with E-state index >= 15 is 0 Å². The lowest BCUT2D eigenvalue weighted by Crippen LogP contribution is -2.30. The van der Waals surface area contributed by atoms with Gasteiger partial charge in [0.05, 0.1) is 0 Å². The molecule has 2 aliphatic rings. The summed E-state index contributed by atoms with van der Waals surface area (Å²) in [5.41, 5.74) is 9.87. The Morgan fingerprint density at radius 2 is 1.70 bits per heavy atom. The molecule has 0 unspecified atom stereocenters. The van der Waals surface area contributed by atoms with Crippen molar-refractivity contribution in [1.82, 2.24) is 0 Å². The van der Waals surface area contributed by atoms with E-state index in [0.29, 0.717) is 6.42 Å². The smallest absolute Gasteiger partial charge is 0.303 e. The normalized spacial score (nSPS) is 14.7. The van der Waals surface area contributed by atoms with E-state index in [2.05, 4.69) is 95.2 Å².